The molecule has 0 atom stereocenters. The van der Waals surface area contributed by atoms with E-state index >= 15 is 0 Å². The lowest BCUT2D eigenvalue weighted by Crippen LogP contribution is -2.48. The van der Waals surface area contributed by atoms with Gasteiger partial charge >= 0.3 is 11.9 Å². The summed E-state index contributed by atoms with van der Waals surface area (Å²) in [5.41, 5.74) is 0.898. The van der Waals surface area contributed by atoms with Crippen LogP contribution in [0.2, 0.25) is 0 Å². The van der Waals surface area contributed by atoms with Crippen LogP contribution in [0.25, 0.3) is 0 Å². The van der Waals surface area contributed by atoms with E-state index in [1.807, 2.05) is 24.8 Å². The van der Waals surface area contributed by atoms with Crippen LogP contribution in [0.4, 0.5) is 5.69 Å². The Bertz CT molecular complexity index is 701. The molecule has 1 heterocycles. The number of carbonyl (C=O) groups is 3. The zero-order valence-corrected chi connectivity index (χ0v) is 15.9. The number of hydrogen-bond donors (Lipinski definition) is 2. The van der Waals surface area contributed by atoms with Crippen LogP contribution in [-0.4, -0.2) is 69.0 Å². The van der Waals surface area contributed by atoms with Gasteiger partial charge in [-0.3, -0.25) is 19.8 Å². The SMILES string of the molecule is CC(C)CC(=O)N1CCN(Cc2ccccc2[N+](=O)[O-])CC1.O=C(O)C(=O)O. The predicted octanol–water partition coefficient (Wildman–Crippen LogP) is 1.44. The molecule has 154 valence electrons. The van der Waals surface area contributed by atoms with Gasteiger partial charge in [-0.25, -0.2) is 9.59 Å². The van der Waals surface area contributed by atoms with E-state index in [-0.39, 0.29) is 16.5 Å². The fourth-order valence-electron chi connectivity index (χ4n) is 2.70. The van der Waals surface area contributed by atoms with E-state index in [1.165, 1.54) is 6.07 Å². The Balaban J connectivity index is 0.000000568. The molecule has 0 saturated carbocycles. The molecule has 0 unspecified atom stereocenters. The molecule has 10 nitrogen and oxygen atoms in total. The molecule has 1 amide bonds. The Kier molecular flexibility index (Phi) is 9.03. The maximum absolute atomic E-state index is 12.0. The molecule has 0 bridgehead atoms. The Labute approximate surface area is 162 Å². The lowest BCUT2D eigenvalue weighted by molar-refractivity contribution is -0.385. The molecule has 2 rings (SSSR count). The number of piperazine rings is 1. The topological polar surface area (TPSA) is 141 Å². The lowest BCUT2D eigenvalue weighted by Gasteiger charge is -2.35. The third-order valence-electron chi connectivity index (χ3n) is 4.07. The number of carboxylic acids is 2. The first kappa shape index (κ1) is 23.0. The van der Waals surface area contributed by atoms with Gasteiger partial charge < -0.3 is 15.1 Å². The number of nitro benzene ring substituents is 1. The number of carboxylic acid groups (broad SMARTS) is 2. The summed E-state index contributed by atoms with van der Waals surface area (Å²) in [4.78, 5) is 45.0. The predicted molar refractivity (Wildman–Crippen MR) is 99.7 cm³/mol. The lowest BCUT2D eigenvalue weighted by atomic mass is 10.1. The van der Waals surface area contributed by atoms with E-state index in [0.29, 0.717) is 32.0 Å². The van der Waals surface area contributed by atoms with E-state index in [4.69, 9.17) is 19.8 Å². The molecule has 1 fully saturated rings. The molecule has 1 saturated heterocycles. The van der Waals surface area contributed by atoms with Crippen LogP contribution in [0.5, 0.6) is 0 Å². The number of carbonyl (C=O) groups excluding carboxylic acids is 1. The minimum atomic E-state index is -1.82. The molecule has 0 spiro atoms. The number of nitrogens with zero attached hydrogens (tertiary/aromatic N) is 3. The zero-order chi connectivity index (χ0) is 21.3. The van der Waals surface area contributed by atoms with Gasteiger partial charge in [0.15, 0.2) is 0 Å². The van der Waals surface area contributed by atoms with Crippen molar-refractivity contribution in [1.29, 1.82) is 0 Å². The number of benzene rings is 1. The molecule has 1 aromatic carbocycles. The quantitative estimate of drug-likeness (QED) is 0.433. The maximum atomic E-state index is 12.0. The fraction of sp³-hybridized carbons (Fsp3) is 0.500. The molecule has 10 heteroatoms. The highest BCUT2D eigenvalue weighted by atomic mass is 16.6. The second-order valence-electron chi connectivity index (χ2n) is 6.75. The average molecular weight is 395 g/mol. The highest BCUT2D eigenvalue weighted by Crippen LogP contribution is 2.20. The first-order chi connectivity index (χ1) is 13.1. The molecule has 1 aromatic rings. The van der Waals surface area contributed by atoms with Crippen LogP contribution in [0.15, 0.2) is 24.3 Å². The van der Waals surface area contributed by atoms with Crippen molar-refractivity contribution in [3.63, 3.8) is 0 Å². The van der Waals surface area contributed by atoms with Gasteiger partial charge in [-0.1, -0.05) is 32.0 Å². The van der Waals surface area contributed by atoms with Crippen LogP contribution in [-0.2, 0) is 20.9 Å². The van der Waals surface area contributed by atoms with Crippen molar-refractivity contribution >= 4 is 23.5 Å². The molecular weight excluding hydrogens is 370 g/mol. The smallest absolute Gasteiger partial charge is 0.414 e. The molecule has 2 N–H and O–H groups in total. The molecule has 0 aliphatic carbocycles. The number of amides is 1. The van der Waals surface area contributed by atoms with Gasteiger partial charge in [-0.2, -0.15) is 0 Å². The largest absolute Gasteiger partial charge is 0.473 e. The Hall–Kier alpha value is -3.01. The molecule has 1 aliphatic rings. The molecule has 0 aromatic heterocycles. The van der Waals surface area contributed by atoms with Crippen molar-refractivity contribution in [2.45, 2.75) is 26.8 Å². The van der Waals surface area contributed by atoms with Crippen molar-refractivity contribution in [1.82, 2.24) is 9.80 Å². The van der Waals surface area contributed by atoms with Gasteiger partial charge in [-0.15, -0.1) is 0 Å². The number of para-hydroxylation sites is 1. The van der Waals surface area contributed by atoms with Crippen LogP contribution in [0.3, 0.4) is 0 Å². The van der Waals surface area contributed by atoms with Crippen LogP contribution >= 0.6 is 0 Å². The maximum Gasteiger partial charge on any atom is 0.414 e. The van der Waals surface area contributed by atoms with Gasteiger partial charge in [0.1, 0.15) is 0 Å². The molecular formula is C18H25N3O7. The van der Waals surface area contributed by atoms with E-state index < -0.39 is 11.9 Å². The van der Waals surface area contributed by atoms with Crippen molar-refractivity contribution in [2.75, 3.05) is 26.2 Å². The van der Waals surface area contributed by atoms with Crippen LogP contribution in [0, 0.1) is 16.0 Å². The van der Waals surface area contributed by atoms with E-state index in [1.54, 1.807) is 12.1 Å². The van der Waals surface area contributed by atoms with Gasteiger partial charge in [0.2, 0.25) is 5.91 Å². The molecule has 1 aliphatic heterocycles. The Morgan fingerprint density at radius 2 is 1.61 bits per heavy atom. The zero-order valence-electron chi connectivity index (χ0n) is 15.9. The number of aliphatic carboxylic acids is 2. The summed E-state index contributed by atoms with van der Waals surface area (Å²) in [5, 5.41) is 25.8. The average Bonchev–Trinajstić information content (AvgIpc) is 2.62. The van der Waals surface area contributed by atoms with Gasteiger partial charge in [0.05, 0.1) is 4.92 Å². The first-order valence-corrected chi connectivity index (χ1v) is 8.80. The van der Waals surface area contributed by atoms with E-state index in [9.17, 15) is 14.9 Å². The fourth-order valence-corrected chi connectivity index (χ4v) is 2.70. The summed E-state index contributed by atoms with van der Waals surface area (Å²) in [6.07, 6.45) is 0.587. The van der Waals surface area contributed by atoms with Crippen molar-refractivity contribution in [3.05, 3.63) is 39.9 Å². The number of hydrogen-bond acceptors (Lipinski definition) is 6. The first-order valence-electron chi connectivity index (χ1n) is 8.80. The Morgan fingerprint density at radius 1 is 1.07 bits per heavy atom. The van der Waals surface area contributed by atoms with Crippen LogP contribution in [0.1, 0.15) is 25.8 Å². The number of rotatable bonds is 5. The van der Waals surface area contributed by atoms with Crippen LogP contribution < -0.4 is 0 Å². The van der Waals surface area contributed by atoms with Crippen molar-refractivity contribution < 1.29 is 29.5 Å². The number of nitro groups is 1. The van der Waals surface area contributed by atoms with E-state index in [2.05, 4.69) is 4.90 Å². The van der Waals surface area contributed by atoms with Crippen molar-refractivity contribution in [3.8, 4) is 0 Å². The summed E-state index contributed by atoms with van der Waals surface area (Å²) >= 11 is 0. The molecule has 0 radical (unpaired) electrons. The standard InChI is InChI=1S/C16H23N3O3.C2H2O4/c1-13(2)11-16(20)18-9-7-17(8-10-18)12-14-5-3-4-6-15(14)19(21)22;3-1(4)2(5)6/h3-6,13H,7-12H2,1-2H3;(H,3,4)(H,5,6). The van der Waals surface area contributed by atoms with Gasteiger partial charge in [0, 0.05) is 50.8 Å². The summed E-state index contributed by atoms with van der Waals surface area (Å²) in [6.45, 7) is 7.57. The minimum absolute atomic E-state index is 0.167. The second-order valence-corrected chi connectivity index (χ2v) is 6.75. The van der Waals surface area contributed by atoms with Gasteiger partial charge in [-0.05, 0) is 5.92 Å². The summed E-state index contributed by atoms with van der Waals surface area (Å²) in [6, 6.07) is 6.85. The third-order valence-corrected chi connectivity index (χ3v) is 4.07. The summed E-state index contributed by atoms with van der Waals surface area (Å²) in [7, 11) is 0. The normalized spacial score (nSPS) is 14.2. The monoisotopic (exact) mass is 395 g/mol. The second kappa shape index (κ2) is 11.0. The highest BCUT2D eigenvalue weighted by molar-refractivity contribution is 6.27. The minimum Gasteiger partial charge on any atom is -0.473 e. The third kappa shape index (κ3) is 7.70. The van der Waals surface area contributed by atoms with E-state index in [0.717, 1.165) is 18.7 Å². The van der Waals surface area contributed by atoms with Crippen molar-refractivity contribution in [2.24, 2.45) is 5.92 Å². The highest BCUT2D eigenvalue weighted by Gasteiger charge is 2.23. The molecule has 28 heavy (non-hydrogen) atoms. The van der Waals surface area contributed by atoms with Gasteiger partial charge in [0.25, 0.3) is 5.69 Å². The summed E-state index contributed by atoms with van der Waals surface area (Å²) < 4.78 is 0. The summed E-state index contributed by atoms with van der Waals surface area (Å²) in [5.74, 6) is -3.07. The Morgan fingerprint density at radius 3 is 2.07 bits per heavy atom.